The molecule has 0 aromatic carbocycles. The van der Waals surface area contributed by atoms with Crippen molar-refractivity contribution in [3.8, 4) is 0 Å². The third-order valence-electron chi connectivity index (χ3n) is 1.99. The molecule has 3 heteroatoms. The Morgan fingerprint density at radius 1 is 1.45 bits per heavy atom. The highest BCUT2D eigenvalue weighted by atomic mass is 32.2. The van der Waals surface area contributed by atoms with Crippen LogP contribution in [0.1, 0.15) is 33.1 Å². The third kappa shape index (κ3) is 1.64. The average molecular weight is 174 g/mol. The molecule has 0 bridgehead atoms. The lowest BCUT2D eigenvalue weighted by atomic mass is 10.4. The Bertz CT molecular complexity index is 260. The SMILES string of the molecule is CC(C)S(=O)(=O)C1=CCCC1. The predicted octanol–water partition coefficient (Wildman–Crippen LogP) is 1.88. The Morgan fingerprint density at radius 2 is 2.09 bits per heavy atom. The van der Waals surface area contributed by atoms with Crippen LogP contribution in [0.4, 0.5) is 0 Å². The van der Waals surface area contributed by atoms with Gasteiger partial charge in [0, 0.05) is 4.91 Å². The zero-order chi connectivity index (χ0) is 8.48. The summed E-state index contributed by atoms with van der Waals surface area (Å²) in [6, 6.07) is 0. The average Bonchev–Trinajstić information content (AvgIpc) is 2.37. The first-order valence-corrected chi connectivity index (χ1v) is 5.52. The maximum absolute atomic E-state index is 11.5. The molecule has 1 aliphatic rings. The third-order valence-corrected chi connectivity index (χ3v) is 4.33. The van der Waals surface area contributed by atoms with Crippen molar-refractivity contribution in [3.63, 3.8) is 0 Å². The second-order valence-corrected chi connectivity index (χ2v) is 5.71. The van der Waals surface area contributed by atoms with Gasteiger partial charge in [0.1, 0.15) is 0 Å². The molecule has 0 N–H and O–H groups in total. The maximum Gasteiger partial charge on any atom is 0.176 e. The first kappa shape index (κ1) is 8.78. The Labute approximate surface area is 68.2 Å². The molecule has 11 heavy (non-hydrogen) atoms. The number of hydrogen-bond acceptors (Lipinski definition) is 2. The van der Waals surface area contributed by atoms with Gasteiger partial charge in [-0.05, 0) is 33.1 Å². The Kier molecular flexibility index (Phi) is 2.37. The van der Waals surface area contributed by atoms with Gasteiger partial charge in [0.15, 0.2) is 9.84 Å². The fourth-order valence-corrected chi connectivity index (χ4v) is 2.59. The van der Waals surface area contributed by atoms with Gasteiger partial charge in [-0.3, -0.25) is 0 Å². The van der Waals surface area contributed by atoms with Crippen LogP contribution in [0.2, 0.25) is 0 Å². The Balaban J connectivity index is 2.89. The number of sulfone groups is 1. The summed E-state index contributed by atoms with van der Waals surface area (Å²) in [5.41, 5.74) is 0. The van der Waals surface area contributed by atoms with Crippen molar-refractivity contribution < 1.29 is 8.42 Å². The minimum Gasteiger partial charge on any atom is -0.224 e. The molecule has 0 unspecified atom stereocenters. The summed E-state index contributed by atoms with van der Waals surface area (Å²) in [4.78, 5) is 0.660. The van der Waals surface area contributed by atoms with Crippen LogP contribution < -0.4 is 0 Å². The molecular formula is C8H14O2S. The molecule has 64 valence electrons. The molecule has 1 rings (SSSR count). The summed E-state index contributed by atoms with van der Waals surface area (Å²) in [5.74, 6) is 0. The van der Waals surface area contributed by atoms with Crippen LogP contribution in [0.5, 0.6) is 0 Å². The second kappa shape index (κ2) is 2.97. The van der Waals surface area contributed by atoms with E-state index in [2.05, 4.69) is 0 Å². The molecule has 0 fully saturated rings. The molecule has 0 saturated heterocycles. The number of rotatable bonds is 2. The molecule has 0 aliphatic heterocycles. The number of hydrogen-bond donors (Lipinski definition) is 0. The van der Waals surface area contributed by atoms with Gasteiger partial charge in [0.2, 0.25) is 0 Å². The van der Waals surface area contributed by atoms with Crippen LogP contribution in [0.15, 0.2) is 11.0 Å². The Hall–Kier alpha value is -0.310. The first-order chi connectivity index (χ1) is 5.05. The molecule has 0 amide bonds. The standard InChI is InChI=1S/C8H14O2S/c1-7(2)11(9,10)8-5-3-4-6-8/h5,7H,3-4,6H2,1-2H3. The minimum atomic E-state index is -2.92. The van der Waals surface area contributed by atoms with Gasteiger partial charge in [-0.25, -0.2) is 8.42 Å². The van der Waals surface area contributed by atoms with Gasteiger partial charge in [-0.15, -0.1) is 0 Å². The molecule has 1 aliphatic carbocycles. The molecule has 0 aromatic heterocycles. The van der Waals surface area contributed by atoms with Gasteiger partial charge < -0.3 is 0 Å². The van der Waals surface area contributed by atoms with E-state index in [1.165, 1.54) is 0 Å². The van der Waals surface area contributed by atoms with E-state index >= 15 is 0 Å². The van der Waals surface area contributed by atoms with Crippen LogP contribution >= 0.6 is 0 Å². The van der Waals surface area contributed by atoms with Crippen LogP contribution in [0.3, 0.4) is 0 Å². The van der Waals surface area contributed by atoms with E-state index < -0.39 is 9.84 Å². The molecule has 0 spiro atoms. The molecule has 0 atom stereocenters. The molecular weight excluding hydrogens is 160 g/mol. The van der Waals surface area contributed by atoms with Crippen LogP contribution in [-0.2, 0) is 9.84 Å². The highest BCUT2D eigenvalue weighted by Crippen LogP contribution is 2.25. The van der Waals surface area contributed by atoms with Gasteiger partial charge in [0.25, 0.3) is 0 Å². The zero-order valence-electron chi connectivity index (χ0n) is 7.00. The quantitative estimate of drug-likeness (QED) is 0.640. The molecule has 0 radical (unpaired) electrons. The second-order valence-electron chi connectivity index (χ2n) is 3.16. The van der Waals surface area contributed by atoms with Crippen LogP contribution in [0.25, 0.3) is 0 Å². The van der Waals surface area contributed by atoms with Gasteiger partial charge in [0.05, 0.1) is 5.25 Å². The summed E-state index contributed by atoms with van der Waals surface area (Å²) in [6.07, 6.45) is 4.54. The van der Waals surface area contributed by atoms with E-state index in [1.807, 2.05) is 6.08 Å². The fraction of sp³-hybridized carbons (Fsp3) is 0.750. The number of allylic oxidation sites excluding steroid dienone is 2. The summed E-state index contributed by atoms with van der Waals surface area (Å²) in [5, 5.41) is -0.258. The van der Waals surface area contributed by atoms with Gasteiger partial charge in [-0.2, -0.15) is 0 Å². The van der Waals surface area contributed by atoms with Crippen LogP contribution in [-0.4, -0.2) is 13.7 Å². The fourth-order valence-electron chi connectivity index (χ4n) is 1.20. The van der Waals surface area contributed by atoms with Crippen molar-refractivity contribution in [2.24, 2.45) is 0 Å². The van der Waals surface area contributed by atoms with Crippen molar-refractivity contribution in [3.05, 3.63) is 11.0 Å². The summed E-state index contributed by atoms with van der Waals surface area (Å²) in [7, 11) is -2.92. The van der Waals surface area contributed by atoms with Crippen molar-refractivity contribution in [2.45, 2.75) is 38.4 Å². The van der Waals surface area contributed by atoms with Gasteiger partial charge >= 0.3 is 0 Å². The lowest BCUT2D eigenvalue weighted by Crippen LogP contribution is -2.14. The highest BCUT2D eigenvalue weighted by Gasteiger charge is 2.23. The zero-order valence-corrected chi connectivity index (χ0v) is 7.82. The largest absolute Gasteiger partial charge is 0.224 e. The normalized spacial score (nSPS) is 19.0. The van der Waals surface area contributed by atoms with E-state index in [4.69, 9.17) is 0 Å². The van der Waals surface area contributed by atoms with Crippen molar-refractivity contribution >= 4 is 9.84 Å². The minimum absolute atomic E-state index is 0.258. The maximum atomic E-state index is 11.5. The first-order valence-electron chi connectivity index (χ1n) is 3.98. The van der Waals surface area contributed by atoms with E-state index in [0.29, 0.717) is 4.91 Å². The summed E-state index contributed by atoms with van der Waals surface area (Å²) < 4.78 is 22.9. The molecule has 2 nitrogen and oxygen atoms in total. The smallest absolute Gasteiger partial charge is 0.176 e. The predicted molar refractivity (Wildman–Crippen MR) is 46.0 cm³/mol. The Morgan fingerprint density at radius 3 is 2.45 bits per heavy atom. The summed E-state index contributed by atoms with van der Waals surface area (Å²) >= 11 is 0. The van der Waals surface area contributed by atoms with E-state index in [0.717, 1.165) is 19.3 Å². The van der Waals surface area contributed by atoms with E-state index in [9.17, 15) is 8.42 Å². The monoisotopic (exact) mass is 174 g/mol. The van der Waals surface area contributed by atoms with Crippen molar-refractivity contribution in [1.82, 2.24) is 0 Å². The van der Waals surface area contributed by atoms with Gasteiger partial charge in [-0.1, -0.05) is 6.08 Å². The molecule has 0 aromatic rings. The topological polar surface area (TPSA) is 34.1 Å². The van der Waals surface area contributed by atoms with E-state index in [-0.39, 0.29) is 5.25 Å². The highest BCUT2D eigenvalue weighted by molar-refractivity contribution is 7.95. The van der Waals surface area contributed by atoms with Crippen LogP contribution in [0, 0.1) is 0 Å². The lowest BCUT2D eigenvalue weighted by Gasteiger charge is -2.07. The summed E-state index contributed by atoms with van der Waals surface area (Å²) in [6.45, 7) is 3.46. The lowest BCUT2D eigenvalue weighted by molar-refractivity contribution is 0.592. The van der Waals surface area contributed by atoms with Crippen molar-refractivity contribution in [1.29, 1.82) is 0 Å². The van der Waals surface area contributed by atoms with E-state index in [1.54, 1.807) is 13.8 Å². The molecule has 0 heterocycles. The van der Waals surface area contributed by atoms with Crippen molar-refractivity contribution in [2.75, 3.05) is 0 Å². The molecule has 0 saturated carbocycles.